The van der Waals surface area contributed by atoms with E-state index < -0.39 is 0 Å². The molecule has 1 aliphatic heterocycles. The molecule has 21 heavy (non-hydrogen) atoms. The summed E-state index contributed by atoms with van der Waals surface area (Å²) in [5.74, 6) is 0.574. The monoisotopic (exact) mass is 287 g/mol. The molecule has 1 spiro atoms. The molecule has 1 aliphatic carbocycles. The maximum atomic E-state index is 6.76. The minimum absolute atomic E-state index is 0.129. The second kappa shape index (κ2) is 6.10. The second-order valence-electron chi connectivity index (χ2n) is 7.45. The molecule has 2 fully saturated rings. The van der Waals surface area contributed by atoms with Gasteiger partial charge in [-0.1, -0.05) is 49.6 Å². The summed E-state index contributed by atoms with van der Waals surface area (Å²) in [4.78, 5) is 0. The molecule has 2 unspecified atom stereocenters. The first-order chi connectivity index (χ1) is 10.1. The SMILES string of the molecule is CC(N)(Cc1ccccc1)C1CCOC2(CCCCC2)C1. The Kier molecular flexibility index (Phi) is 4.37. The van der Waals surface area contributed by atoms with Crippen molar-refractivity contribution in [2.75, 3.05) is 6.61 Å². The summed E-state index contributed by atoms with van der Waals surface area (Å²) < 4.78 is 6.23. The van der Waals surface area contributed by atoms with Crippen molar-refractivity contribution in [3.8, 4) is 0 Å². The first-order valence-corrected chi connectivity index (χ1v) is 8.57. The van der Waals surface area contributed by atoms with Gasteiger partial charge in [0.1, 0.15) is 0 Å². The predicted molar refractivity (Wildman–Crippen MR) is 87.2 cm³/mol. The molecule has 1 saturated carbocycles. The molecule has 2 atom stereocenters. The molecule has 1 aromatic carbocycles. The molecule has 1 saturated heterocycles. The van der Waals surface area contributed by atoms with E-state index in [4.69, 9.17) is 10.5 Å². The number of rotatable bonds is 3. The number of hydrogen-bond acceptors (Lipinski definition) is 2. The maximum Gasteiger partial charge on any atom is 0.0685 e. The normalized spacial score (nSPS) is 28.2. The maximum absolute atomic E-state index is 6.76. The van der Waals surface area contributed by atoms with Gasteiger partial charge in [-0.05, 0) is 50.5 Å². The van der Waals surface area contributed by atoms with E-state index in [9.17, 15) is 0 Å². The highest BCUT2D eigenvalue weighted by Gasteiger charge is 2.43. The van der Waals surface area contributed by atoms with Crippen molar-refractivity contribution in [2.45, 2.75) is 69.4 Å². The Labute approximate surface area is 129 Å². The number of benzene rings is 1. The van der Waals surface area contributed by atoms with E-state index in [0.29, 0.717) is 5.92 Å². The molecule has 1 heterocycles. The van der Waals surface area contributed by atoms with Crippen LogP contribution in [0.25, 0.3) is 0 Å². The van der Waals surface area contributed by atoms with Crippen molar-refractivity contribution in [3.05, 3.63) is 35.9 Å². The van der Waals surface area contributed by atoms with E-state index in [-0.39, 0.29) is 11.1 Å². The highest BCUT2D eigenvalue weighted by atomic mass is 16.5. The van der Waals surface area contributed by atoms with Gasteiger partial charge in [-0.15, -0.1) is 0 Å². The second-order valence-corrected chi connectivity index (χ2v) is 7.45. The fourth-order valence-corrected chi connectivity index (χ4v) is 4.32. The minimum Gasteiger partial charge on any atom is -0.375 e. The largest absolute Gasteiger partial charge is 0.375 e. The summed E-state index contributed by atoms with van der Waals surface area (Å²) in [7, 11) is 0. The van der Waals surface area contributed by atoms with Crippen LogP contribution in [0, 0.1) is 5.92 Å². The molecule has 0 aromatic heterocycles. The zero-order valence-corrected chi connectivity index (χ0v) is 13.3. The smallest absolute Gasteiger partial charge is 0.0685 e. The van der Waals surface area contributed by atoms with Gasteiger partial charge in [0, 0.05) is 12.1 Å². The van der Waals surface area contributed by atoms with Crippen LogP contribution in [0.4, 0.5) is 0 Å². The predicted octanol–water partition coefficient (Wildman–Crippen LogP) is 4.08. The van der Waals surface area contributed by atoms with Crippen LogP contribution in [0.1, 0.15) is 57.4 Å². The highest BCUT2D eigenvalue weighted by molar-refractivity contribution is 5.18. The van der Waals surface area contributed by atoms with E-state index in [1.165, 1.54) is 37.7 Å². The molecular formula is C19H29NO. The van der Waals surface area contributed by atoms with Crippen LogP contribution in [0.15, 0.2) is 30.3 Å². The van der Waals surface area contributed by atoms with Crippen molar-refractivity contribution in [1.29, 1.82) is 0 Å². The van der Waals surface area contributed by atoms with Crippen molar-refractivity contribution < 1.29 is 4.74 Å². The average molecular weight is 287 g/mol. The van der Waals surface area contributed by atoms with Crippen LogP contribution in [-0.4, -0.2) is 17.7 Å². The highest BCUT2D eigenvalue weighted by Crippen LogP contribution is 2.43. The van der Waals surface area contributed by atoms with Crippen molar-refractivity contribution >= 4 is 0 Å². The van der Waals surface area contributed by atoms with Gasteiger partial charge in [0.2, 0.25) is 0 Å². The van der Waals surface area contributed by atoms with Gasteiger partial charge in [0.15, 0.2) is 0 Å². The van der Waals surface area contributed by atoms with E-state index in [1.807, 2.05) is 0 Å². The third-order valence-electron chi connectivity index (χ3n) is 5.62. The molecular weight excluding hydrogens is 258 g/mol. The fourth-order valence-electron chi connectivity index (χ4n) is 4.32. The van der Waals surface area contributed by atoms with Crippen LogP contribution < -0.4 is 5.73 Å². The lowest BCUT2D eigenvalue weighted by Gasteiger charge is -2.48. The van der Waals surface area contributed by atoms with Crippen molar-refractivity contribution in [3.63, 3.8) is 0 Å². The quantitative estimate of drug-likeness (QED) is 0.909. The standard InChI is InChI=1S/C19H29NO/c1-18(20,14-16-8-4-2-5-9-16)17-10-13-21-19(15-17)11-6-3-7-12-19/h2,4-5,8-9,17H,3,6-7,10-15,20H2,1H3. The van der Waals surface area contributed by atoms with Gasteiger partial charge in [-0.25, -0.2) is 0 Å². The first kappa shape index (κ1) is 15.1. The summed E-state index contributed by atoms with van der Waals surface area (Å²) in [5.41, 5.74) is 8.13. The summed E-state index contributed by atoms with van der Waals surface area (Å²) in [6.45, 7) is 3.14. The molecule has 0 amide bonds. The van der Waals surface area contributed by atoms with Crippen LogP contribution in [0.2, 0.25) is 0 Å². The summed E-state index contributed by atoms with van der Waals surface area (Å²) in [5, 5.41) is 0. The molecule has 2 aliphatic rings. The third kappa shape index (κ3) is 3.49. The molecule has 1 aromatic rings. The topological polar surface area (TPSA) is 35.2 Å². The average Bonchev–Trinajstić information content (AvgIpc) is 2.49. The lowest BCUT2D eigenvalue weighted by molar-refractivity contribution is -0.126. The first-order valence-electron chi connectivity index (χ1n) is 8.57. The van der Waals surface area contributed by atoms with Gasteiger partial charge in [-0.3, -0.25) is 0 Å². The molecule has 2 heteroatoms. The van der Waals surface area contributed by atoms with Crippen LogP contribution in [0.5, 0.6) is 0 Å². The summed E-state index contributed by atoms with van der Waals surface area (Å²) in [6.07, 6.45) is 9.75. The molecule has 0 radical (unpaired) electrons. The molecule has 2 nitrogen and oxygen atoms in total. The molecule has 2 N–H and O–H groups in total. The molecule has 116 valence electrons. The van der Waals surface area contributed by atoms with E-state index >= 15 is 0 Å². The van der Waals surface area contributed by atoms with Crippen LogP contribution in [0.3, 0.4) is 0 Å². The number of hydrogen-bond donors (Lipinski definition) is 1. The Morgan fingerprint density at radius 3 is 2.62 bits per heavy atom. The van der Waals surface area contributed by atoms with E-state index in [1.54, 1.807) is 0 Å². The van der Waals surface area contributed by atoms with E-state index in [0.717, 1.165) is 25.9 Å². The lowest BCUT2D eigenvalue weighted by atomic mass is 9.69. The number of nitrogens with two attached hydrogens (primary N) is 1. The summed E-state index contributed by atoms with van der Waals surface area (Å²) >= 11 is 0. The zero-order valence-electron chi connectivity index (χ0n) is 13.3. The Balaban J connectivity index is 1.69. The lowest BCUT2D eigenvalue weighted by Crippen LogP contribution is -2.53. The van der Waals surface area contributed by atoms with Gasteiger partial charge >= 0.3 is 0 Å². The van der Waals surface area contributed by atoms with Gasteiger partial charge < -0.3 is 10.5 Å². The Morgan fingerprint density at radius 2 is 1.90 bits per heavy atom. The Hall–Kier alpha value is -0.860. The fraction of sp³-hybridized carbons (Fsp3) is 0.684. The van der Waals surface area contributed by atoms with Gasteiger partial charge in [-0.2, -0.15) is 0 Å². The van der Waals surface area contributed by atoms with E-state index in [2.05, 4.69) is 37.3 Å². The zero-order chi connectivity index (χ0) is 14.8. The third-order valence-corrected chi connectivity index (χ3v) is 5.62. The molecule has 0 bridgehead atoms. The van der Waals surface area contributed by atoms with Crippen LogP contribution in [-0.2, 0) is 11.2 Å². The van der Waals surface area contributed by atoms with Crippen molar-refractivity contribution in [1.82, 2.24) is 0 Å². The summed E-state index contributed by atoms with van der Waals surface area (Å²) in [6, 6.07) is 10.7. The minimum atomic E-state index is -0.129. The Bertz CT molecular complexity index is 442. The van der Waals surface area contributed by atoms with Crippen LogP contribution >= 0.6 is 0 Å². The van der Waals surface area contributed by atoms with Gasteiger partial charge in [0.25, 0.3) is 0 Å². The number of ether oxygens (including phenoxy) is 1. The van der Waals surface area contributed by atoms with Gasteiger partial charge in [0.05, 0.1) is 5.60 Å². The molecule has 3 rings (SSSR count). The van der Waals surface area contributed by atoms with Crippen molar-refractivity contribution in [2.24, 2.45) is 11.7 Å². The Morgan fingerprint density at radius 1 is 1.19 bits per heavy atom.